The molecule has 1 aliphatic rings. The second kappa shape index (κ2) is 5.73. The standard InChI is InChI=1S/C14H17NO4/c1-19-12-5-3-2-4-11(12)13(16)10-6-8-15(9-7-10)14(17)18/h2-5,10H,6-9H2,1H3,(H,17,18). The van der Waals surface area contributed by atoms with Crippen LogP contribution in [-0.2, 0) is 0 Å². The van der Waals surface area contributed by atoms with E-state index in [2.05, 4.69) is 0 Å². The van der Waals surface area contributed by atoms with Gasteiger partial charge in [0.1, 0.15) is 5.75 Å². The Morgan fingerprint density at radius 2 is 1.89 bits per heavy atom. The monoisotopic (exact) mass is 263 g/mol. The predicted octanol–water partition coefficient (Wildman–Crippen LogP) is 2.27. The zero-order chi connectivity index (χ0) is 13.8. The van der Waals surface area contributed by atoms with Gasteiger partial charge in [0.25, 0.3) is 0 Å². The average Bonchev–Trinajstić information content (AvgIpc) is 2.46. The summed E-state index contributed by atoms with van der Waals surface area (Å²) in [6.07, 6.45) is 0.231. The summed E-state index contributed by atoms with van der Waals surface area (Å²) < 4.78 is 5.19. The number of para-hydroxylation sites is 1. The van der Waals surface area contributed by atoms with Crippen LogP contribution < -0.4 is 4.74 Å². The highest BCUT2D eigenvalue weighted by Crippen LogP contribution is 2.26. The molecule has 1 aromatic rings. The highest BCUT2D eigenvalue weighted by molar-refractivity contribution is 6.00. The fourth-order valence-corrected chi connectivity index (χ4v) is 2.40. The molecule has 1 aromatic carbocycles. The Balaban J connectivity index is 2.07. The van der Waals surface area contributed by atoms with E-state index in [1.54, 1.807) is 19.2 Å². The number of amides is 1. The Hall–Kier alpha value is -2.04. The number of methoxy groups -OCH3 is 1. The molecule has 0 spiro atoms. The lowest BCUT2D eigenvalue weighted by Crippen LogP contribution is -2.39. The maximum absolute atomic E-state index is 12.4. The summed E-state index contributed by atoms with van der Waals surface area (Å²) in [6.45, 7) is 0.835. The highest BCUT2D eigenvalue weighted by Gasteiger charge is 2.28. The highest BCUT2D eigenvalue weighted by atomic mass is 16.5. The van der Waals surface area contributed by atoms with Crippen molar-refractivity contribution in [1.82, 2.24) is 4.90 Å². The van der Waals surface area contributed by atoms with Gasteiger partial charge in [-0.05, 0) is 25.0 Å². The average molecular weight is 263 g/mol. The van der Waals surface area contributed by atoms with Crippen molar-refractivity contribution in [2.45, 2.75) is 12.8 Å². The number of ether oxygens (including phenoxy) is 1. The van der Waals surface area contributed by atoms with Gasteiger partial charge in [-0.2, -0.15) is 0 Å². The number of carboxylic acid groups (broad SMARTS) is 1. The van der Waals surface area contributed by atoms with Crippen molar-refractivity contribution in [3.63, 3.8) is 0 Å². The van der Waals surface area contributed by atoms with E-state index in [1.807, 2.05) is 12.1 Å². The summed E-state index contributed by atoms with van der Waals surface area (Å²) in [5, 5.41) is 8.88. The van der Waals surface area contributed by atoms with Crippen molar-refractivity contribution in [1.29, 1.82) is 0 Å². The van der Waals surface area contributed by atoms with Crippen molar-refractivity contribution in [2.75, 3.05) is 20.2 Å². The van der Waals surface area contributed by atoms with E-state index in [9.17, 15) is 9.59 Å². The number of likely N-dealkylation sites (tertiary alicyclic amines) is 1. The van der Waals surface area contributed by atoms with Gasteiger partial charge in [-0.15, -0.1) is 0 Å². The van der Waals surface area contributed by atoms with E-state index < -0.39 is 6.09 Å². The second-order valence-electron chi connectivity index (χ2n) is 4.61. The third-order valence-electron chi connectivity index (χ3n) is 3.51. The van der Waals surface area contributed by atoms with Crippen LogP contribution in [0.3, 0.4) is 0 Å². The minimum atomic E-state index is -0.914. The maximum atomic E-state index is 12.4. The molecule has 0 bridgehead atoms. The molecule has 1 amide bonds. The Morgan fingerprint density at radius 1 is 1.26 bits per heavy atom. The first-order valence-corrected chi connectivity index (χ1v) is 6.28. The van der Waals surface area contributed by atoms with Gasteiger partial charge in [-0.3, -0.25) is 4.79 Å². The lowest BCUT2D eigenvalue weighted by atomic mass is 9.88. The normalized spacial score (nSPS) is 16.2. The molecule has 1 N–H and O–H groups in total. The number of Topliss-reactive ketones (excluding diaryl/α,β-unsaturated/α-hetero) is 1. The van der Waals surface area contributed by atoms with Crippen molar-refractivity contribution in [3.05, 3.63) is 29.8 Å². The molecule has 5 nitrogen and oxygen atoms in total. The number of benzene rings is 1. The summed E-state index contributed by atoms with van der Waals surface area (Å²) in [5.74, 6) is 0.502. The number of rotatable bonds is 3. The SMILES string of the molecule is COc1ccccc1C(=O)C1CCN(C(=O)O)CC1. The lowest BCUT2D eigenvalue weighted by molar-refractivity contribution is 0.0818. The molecule has 0 radical (unpaired) electrons. The van der Waals surface area contributed by atoms with Gasteiger partial charge < -0.3 is 14.7 Å². The third-order valence-corrected chi connectivity index (χ3v) is 3.51. The van der Waals surface area contributed by atoms with Gasteiger partial charge in [-0.25, -0.2) is 4.79 Å². The number of hydrogen-bond donors (Lipinski definition) is 1. The Bertz CT molecular complexity index is 478. The molecule has 5 heteroatoms. The second-order valence-corrected chi connectivity index (χ2v) is 4.61. The first-order valence-electron chi connectivity index (χ1n) is 6.28. The summed E-state index contributed by atoms with van der Waals surface area (Å²) in [4.78, 5) is 24.6. The van der Waals surface area contributed by atoms with Gasteiger partial charge in [-0.1, -0.05) is 12.1 Å². The van der Waals surface area contributed by atoms with Crippen LogP contribution in [0, 0.1) is 5.92 Å². The van der Waals surface area contributed by atoms with Crippen LogP contribution >= 0.6 is 0 Å². The van der Waals surface area contributed by atoms with E-state index >= 15 is 0 Å². The molecule has 1 aliphatic heterocycles. The zero-order valence-electron chi connectivity index (χ0n) is 10.8. The van der Waals surface area contributed by atoms with Crippen molar-refractivity contribution in [2.24, 2.45) is 5.92 Å². The quantitative estimate of drug-likeness (QED) is 0.849. The molecule has 0 atom stereocenters. The lowest BCUT2D eigenvalue weighted by Gasteiger charge is -2.29. The fourth-order valence-electron chi connectivity index (χ4n) is 2.40. The molecular formula is C14H17NO4. The van der Waals surface area contributed by atoms with Gasteiger partial charge in [0.15, 0.2) is 5.78 Å². The topological polar surface area (TPSA) is 66.8 Å². The number of carbonyl (C=O) groups excluding carboxylic acids is 1. The molecule has 2 rings (SSSR count). The molecule has 102 valence electrons. The van der Waals surface area contributed by atoms with Gasteiger partial charge in [0, 0.05) is 19.0 Å². The molecule has 0 unspecified atom stereocenters. The minimum Gasteiger partial charge on any atom is -0.496 e. The van der Waals surface area contributed by atoms with Gasteiger partial charge in [0.05, 0.1) is 12.7 Å². The minimum absolute atomic E-state index is 0.0440. The summed E-state index contributed by atoms with van der Waals surface area (Å²) in [5.41, 5.74) is 0.582. The summed E-state index contributed by atoms with van der Waals surface area (Å²) >= 11 is 0. The van der Waals surface area contributed by atoms with E-state index in [0.717, 1.165) is 0 Å². The van der Waals surface area contributed by atoms with Crippen molar-refractivity contribution < 1.29 is 19.4 Å². The molecule has 1 fully saturated rings. The van der Waals surface area contributed by atoms with Crippen molar-refractivity contribution in [3.8, 4) is 5.75 Å². The molecule has 1 saturated heterocycles. The smallest absolute Gasteiger partial charge is 0.407 e. The number of hydrogen-bond acceptors (Lipinski definition) is 3. The first-order chi connectivity index (χ1) is 9.13. The first kappa shape index (κ1) is 13.4. The largest absolute Gasteiger partial charge is 0.496 e. The van der Waals surface area contributed by atoms with E-state index in [4.69, 9.17) is 9.84 Å². The summed E-state index contributed by atoms with van der Waals surface area (Å²) in [7, 11) is 1.54. The Kier molecular flexibility index (Phi) is 4.04. The van der Waals surface area contributed by atoms with Crippen LogP contribution in [0.2, 0.25) is 0 Å². The number of nitrogens with zero attached hydrogens (tertiary/aromatic N) is 1. The van der Waals surface area contributed by atoms with Crippen LogP contribution in [0.4, 0.5) is 4.79 Å². The molecular weight excluding hydrogens is 246 g/mol. The van der Waals surface area contributed by atoms with E-state index in [-0.39, 0.29) is 11.7 Å². The molecule has 19 heavy (non-hydrogen) atoms. The fraction of sp³-hybridized carbons (Fsp3) is 0.429. The third kappa shape index (κ3) is 2.86. The van der Waals surface area contributed by atoms with E-state index in [1.165, 1.54) is 4.90 Å². The number of ketones is 1. The number of piperidine rings is 1. The van der Waals surface area contributed by atoms with Crippen LogP contribution in [0.25, 0.3) is 0 Å². The van der Waals surface area contributed by atoms with Crippen molar-refractivity contribution >= 4 is 11.9 Å². The van der Waals surface area contributed by atoms with Crippen LogP contribution in [0.1, 0.15) is 23.2 Å². The predicted molar refractivity (Wildman–Crippen MR) is 69.6 cm³/mol. The zero-order valence-corrected chi connectivity index (χ0v) is 10.8. The van der Waals surface area contributed by atoms with Crippen LogP contribution in [0.15, 0.2) is 24.3 Å². The Morgan fingerprint density at radius 3 is 2.47 bits per heavy atom. The Labute approximate surface area is 111 Å². The molecule has 0 aromatic heterocycles. The molecule has 0 aliphatic carbocycles. The van der Waals surface area contributed by atoms with E-state index in [0.29, 0.717) is 37.2 Å². The maximum Gasteiger partial charge on any atom is 0.407 e. The number of carbonyl (C=O) groups is 2. The summed E-state index contributed by atoms with van der Waals surface area (Å²) in [6, 6.07) is 7.15. The van der Waals surface area contributed by atoms with Crippen LogP contribution in [-0.4, -0.2) is 42.1 Å². The van der Waals surface area contributed by atoms with Gasteiger partial charge >= 0.3 is 6.09 Å². The van der Waals surface area contributed by atoms with Gasteiger partial charge in [0.2, 0.25) is 0 Å². The molecule has 1 heterocycles. The van der Waals surface area contributed by atoms with Crippen LogP contribution in [0.5, 0.6) is 5.75 Å². The molecule has 0 saturated carbocycles.